The van der Waals surface area contributed by atoms with Crippen LogP contribution in [0.2, 0.25) is 0 Å². The minimum absolute atomic E-state index is 0.0983. The highest BCUT2D eigenvalue weighted by Gasteiger charge is 2.28. The van der Waals surface area contributed by atoms with Crippen molar-refractivity contribution in [1.82, 2.24) is 14.1 Å². The summed E-state index contributed by atoms with van der Waals surface area (Å²) in [5.74, 6) is 2.39. The van der Waals surface area contributed by atoms with Gasteiger partial charge in [0.1, 0.15) is 17.3 Å². The fourth-order valence-electron chi connectivity index (χ4n) is 10.3. The topological polar surface area (TPSA) is 38.5 Å². The average molecular weight is 870 g/mol. The number of anilines is 3. The summed E-state index contributed by atoms with van der Waals surface area (Å²) < 4.78 is 11.7. The van der Waals surface area contributed by atoms with E-state index in [2.05, 4.69) is 243 Å². The zero-order valence-corrected chi connectivity index (χ0v) is 38.7. The summed E-state index contributed by atoms with van der Waals surface area (Å²) in [6.07, 6.45) is 1.95. The maximum absolute atomic E-state index is 6.98. The molecule has 67 heavy (non-hydrogen) atoms. The Bertz CT molecular complexity index is 3630. The molecule has 1 aliphatic rings. The Labute approximate surface area is 391 Å². The van der Waals surface area contributed by atoms with E-state index < -0.39 is 0 Å². The highest BCUT2D eigenvalue weighted by atomic mass is 16.5. The van der Waals surface area contributed by atoms with Gasteiger partial charge in [0.15, 0.2) is 0 Å². The number of aromatic nitrogens is 3. The van der Waals surface area contributed by atoms with Crippen LogP contribution in [-0.2, 0) is 5.41 Å². The fraction of sp³-hybridized carbons (Fsp3) is 0.131. The Morgan fingerprint density at radius 3 is 1.78 bits per heavy atom. The molecule has 0 aliphatic carbocycles. The molecule has 0 N–H and O–H groups in total. The highest BCUT2D eigenvalue weighted by Crippen LogP contribution is 2.46. The maximum atomic E-state index is 6.98. The number of nitrogens with zero attached hydrogens (tertiary/aromatic N) is 5. The Morgan fingerprint density at radius 1 is 0.493 bits per heavy atom. The number of ether oxygens (including phenoxy) is 1. The van der Waals surface area contributed by atoms with Crippen molar-refractivity contribution < 1.29 is 4.74 Å². The van der Waals surface area contributed by atoms with Gasteiger partial charge < -0.3 is 19.1 Å². The molecule has 12 rings (SSSR count). The molecule has 11 aromatic rings. The molecule has 0 fully saturated rings. The molecule has 6 nitrogen and oxygen atoms in total. The van der Waals surface area contributed by atoms with E-state index in [0.29, 0.717) is 0 Å². The number of benzene rings is 8. The third-order valence-electron chi connectivity index (χ3n) is 13.8. The standard InChI is InChI=1S/C61H51N5O/c1-39-31-56-57(32-40(39)2)64(38-63(56)6)45-33-43(61(3,4)5)34-47(35-45)67-46-27-28-51-50-21-13-14-26-54(50)66(55(51)37-46)58-36-44(29-30-62-58)65-59-48(41-17-9-7-10-18-41)22-15-24-52(59)53-25-16-23-49(60(53)65)42-19-11-8-12-20-42/h7-37H,38H2,1-6H3. The van der Waals surface area contributed by atoms with Crippen molar-refractivity contribution >= 4 is 60.7 Å². The van der Waals surface area contributed by atoms with Gasteiger partial charge in [-0.1, -0.05) is 136 Å². The second kappa shape index (κ2) is 15.5. The number of hydrogen-bond acceptors (Lipinski definition) is 4. The number of pyridine rings is 1. The highest BCUT2D eigenvalue weighted by molar-refractivity contribution is 6.17. The monoisotopic (exact) mass is 869 g/mol. The van der Waals surface area contributed by atoms with Crippen molar-refractivity contribution in [2.24, 2.45) is 0 Å². The molecule has 1 aliphatic heterocycles. The first-order chi connectivity index (χ1) is 32.6. The lowest BCUT2D eigenvalue weighted by Gasteiger charge is -2.26. The Hall–Kier alpha value is -8.09. The summed E-state index contributed by atoms with van der Waals surface area (Å²) in [6, 6.07) is 65.7. The third-order valence-corrected chi connectivity index (χ3v) is 13.8. The lowest BCUT2D eigenvalue weighted by molar-refractivity contribution is 0.479. The SMILES string of the molecule is Cc1cc2c(cc1C)N(c1cc(Oc3ccc4c5ccccc5n(-c5cc(-n6c7c(-c8ccccc8)cccc7c7cccc(-c8ccccc8)c76)ccn5)c4c3)cc(C(C)(C)C)c1)CN2C. The van der Waals surface area contributed by atoms with Gasteiger partial charge in [0.25, 0.3) is 0 Å². The van der Waals surface area contributed by atoms with Gasteiger partial charge in [0, 0.05) is 69.8 Å². The normalized spacial score (nSPS) is 12.8. The van der Waals surface area contributed by atoms with E-state index in [1.54, 1.807) is 0 Å². The first-order valence-corrected chi connectivity index (χ1v) is 23.2. The van der Waals surface area contributed by atoms with Crippen molar-refractivity contribution in [1.29, 1.82) is 0 Å². The zero-order valence-electron chi connectivity index (χ0n) is 38.7. The van der Waals surface area contributed by atoms with Crippen LogP contribution in [0.4, 0.5) is 17.1 Å². The Balaban J connectivity index is 1.03. The van der Waals surface area contributed by atoms with Gasteiger partial charge in [0.2, 0.25) is 0 Å². The molecular weight excluding hydrogens is 819 g/mol. The van der Waals surface area contributed by atoms with Gasteiger partial charge in [-0.3, -0.25) is 4.57 Å². The molecule has 0 bridgehead atoms. The number of fused-ring (bicyclic) bond motifs is 7. The van der Waals surface area contributed by atoms with Crippen molar-refractivity contribution in [3.63, 3.8) is 0 Å². The lowest BCUT2D eigenvalue weighted by Crippen LogP contribution is -2.24. The maximum Gasteiger partial charge on any atom is 0.139 e. The smallest absolute Gasteiger partial charge is 0.139 e. The van der Waals surface area contributed by atoms with E-state index in [-0.39, 0.29) is 5.41 Å². The van der Waals surface area contributed by atoms with E-state index in [4.69, 9.17) is 9.72 Å². The van der Waals surface area contributed by atoms with E-state index in [9.17, 15) is 0 Å². The van der Waals surface area contributed by atoms with Crippen molar-refractivity contribution in [3.05, 3.63) is 205 Å². The van der Waals surface area contributed by atoms with E-state index in [0.717, 1.165) is 68.2 Å². The molecule has 0 amide bonds. The van der Waals surface area contributed by atoms with Crippen molar-refractivity contribution in [3.8, 4) is 45.3 Å². The van der Waals surface area contributed by atoms with E-state index in [1.165, 1.54) is 61.1 Å². The van der Waals surface area contributed by atoms with Gasteiger partial charge in [-0.25, -0.2) is 4.98 Å². The third kappa shape index (κ3) is 6.74. The van der Waals surface area contributed by atoms with Crippen LogP contribution in [-0.4, -0.2) is 27.8 Å². The second-order valence-corrected chi connectivity index (χ2v) is 19.1. The van der Waals surface area contributed by atoms with Crippen LogP contribution >= 0.6 is 0 Å². The van der Waals surface area contributed by atoms with Crippen molar-refractivity contribution in [2.45, 2.75) is 40.0 Å². The van der Waals surface area contributed by atoms with Crippen LogP contribution in [0.5, 0.6) is 11.5 Å². The van der Waals surface area contributed by atoms with Crippen molar-refractivity contribution in [2.75, 3.05) is 23.5 Å². The quantitative estimate of drug-likeness (QED) is 0.160. The molecule has 6 heteroatoms. The van der Waals surface area contributed by atoms with E-state index in [1.807, 2.05) is 6.20 Å². The Kier molecular flexibility index (Phi) is 9.37. The molecule has 8 aromatic carbocycles. The number of rotatable bonds is 7. The summed E-state index contributed by atoms with van der Waals surface area (Å²) in [4.78, 5) is 9.89. The summed E-state index contributed by atoms with van der Waals surface area (Å²) in [5, 5.41) is 4.70. The molecule has 326 valence electrons. The first kappa shape index (κ1) is 40.4. The summed E-state index contributed by atoms with van der Waals surface area (Å²) in [7, 11) is 2.17. The summed E-state index contributed by atoms with van der Waals surface area (Å²) in [6.45, 7) is 12.0. The first-order valence-electron chi connectivity index (χ1n) is 23.2. The van der Waals surface area contributed by atoms with Crippen LogP contribution in [0.1, 0.15) is 37.5 Å². The van der Waals surface area contributed by atoms with Crippen LogP contribution in [0.3, 0.4) is 0 Å². The summed E-state index contributed by atoms with van der Waals surface area (Å²) in [5.41, 5.74) is 17.4. The predicted molar refractivity (Wildman–Crippen MR) is 280 cm³/mol. The number of hydrogen-bond donors (Lipinski definition) is 0. The minimum Gasteiger partial charge on any atom is -0.457 e. The second-order valence-electron chi connectivity index (χ2n) is 19.1. The summed E-state index contributed by atoms with van der Waals surface area (Å²) >= 11 is 0. The molecule has 0 saturated carbocycles. The van der Waals surface area contributed by atoms with Gasteiger partial charge in [0.05, 0.1) is 45.8 Å². The average Bonchev–Trinajstić information content (AvgIpc) is 3.98. The zero-order chi connectivity index (χ0) is 45.6. The molecule has 0 radical (unpaired) electrons. The van der Waals surface area contributed by atoms with Crippen LogP contribution in [0.25, 0.3) is 77.4 Å². The lowest BCUT2D eigenvalue weighted by atomic mass is 9.86. The fourth-order valence-corrected chi connectivity index (χ4v) is 10.3. The molecule has 0 unspecified atom stereocenters. The molecule has 0 atom stereocenters. The van der Waals surface area contributed by atoms with Crippen LogP contribution in [0.15, 0.2) is 188 Å². The Morgan fingerprint density at radius 2 is 1.10 bits per heavy atom. The van der Waals surface area contributed by atoms with Gasteiger partial charge >= 0.3 is 0 Å². The number of aryl methyl sites for hydroxylation is 2. The van der Waals surface area contributed by atoms with Crippen LogP contribution in [0, 0.1) is 13.8 Å². The molecular formula is C61H51N5O. The largest absolute Gasteiger partial charge is 0.457 e. The van der Waals surface area contributed by atoms with Crippen LogP contribution < -0.4 is 14.5 Å². The predicted octanol–water partition coefficient (Wildman–Crippen LogP) is 15.9. The van der Waals surface area contributed by atoms with Gasteiger partial charge in [-0.2, -0.15) is 0 Å². The number of para-hydroxylation sites is 3. The van der Waals surface area contributed by atoms with Gasteiger partial charge in [-0.15, -0.1) is 0 Å². The van der Waals surface area contributed by atoms with E-state index >= 15 is 0 Å². The minimum atomic E-state index is -0.0983. The molecule has 4 heterocycles. The molecule has 3 aromatic heterocycles. The van der Waals surface area contributed by atoms with Gasteiger partial charge in [-0.05, 0) is 95.6 Å². The molecule has 0 saturated heterocycles. The molecule has 0 spiro atoms.